The van der Waals surface area contributed by atoms with Crippen LogP contribution in [0.3, 0.4) is 0 Å². The molecule has 0 aliphatic heterocycles. The number of ketones is 1. The first-order chi connectivity index (χ1) is 10.0. The van der Waals surface area contributed by atoms with Crippen LogP contribution < -0.4 is 0 Å². The van der Waals surface area contributed by atoms with Gasteiger partial charge in [-0.25, -0.2) is 0 Å². The van der Waals surface area contributed by atoms with Gasteiger partial charge >= 0.3 is 5.69 Å². The Morgan fingerprint density at radius 1 is 1.14 bits per heavy atom. The second-order valence-corrected chi connectivity index (χ2v) is 3.67. The molecular formula is C13H9FN2O5. The third-order valence-electron chi connectivity index (χ3n) is 2.46. The van der Waals surface area contributed by atoms with Crippen LogP contribution in [0.5, 0.6) is 0 Å². The molecular weight excluding hydrogens is 283 g/mol. The van der Waals surface area contributed by atoms with Crippen LogP contribution in [0.4, 0.5) is 10.1 Å². The molecule has 108 valence electrons. The first-order valence-electron chi connectivity index (χ1n) is 5.52. The van der Waals surface area contributed by atoms with Crippen LogP contribution in [0.25, 0.3) is 0 Å². The molecule has 2 aromatic carbocycles. The van der Waals surface area contributed by atoms with E-state index in [2.05, 4.69) is 0 Å². The van der Waals surface area contributed by atoms with Crippen molar-refractivity contribution in [2.24, 2.45) is 5.34 Å². The summed E-state index contributed by atoms with van der Waals surface area (Å²) in [7, 11) is 0. The minimum Gasteiger partial charge on any atom is -0.379 e. The van der Waals surface area contributed by atoms with Crippen molar-refractivity contribution in [3.63, 3.8) is 0 Å². The van der Waals surface area contributed by atoms with E-state index in [1.807, 2.05) is 0 Å². The van der Waals surface area contributed by atoms with E-state index in [4.69, 9.17) is 10.1 Å². The number of halogens is 1. The third-order valence-corrected chi connectivity index (χ3v) is 2.46. The molecule has 0 aliphatic rings. The zero-order valence-corrected chi connectivity index (χ0v) is 10.5. The minimum atomic E-state index is -1.10. The Labute approximate surface area is 117 Å². The summed E-state index contributed by atoms with van der Waals surface area (Å²) in [6.07, 6.45) is 0. The van der Waals surface area contributed by atoms with Gasteiger partial charge in [-0.3, -0.25) is 14.9 Å². The lowest BCUT2D eigenvalue weighted by Crippen LogP contribution is -2.06. The Balaban J connectivity index is 0.000000677. The fraction of sp³-hybridized carbons (Fsp3) is 0. The lowest BCUT2D eigenvalue weighted by Gasteiger charge is -2.02. The number of nitrogens with zero attached hydrogens (tertiary/aromatic N) is 2. The summed E-state index contributed by atoms with van der Waals surface area (Å²) in [5, 5.41) is 18.5. The SMILES string of the molecule is O=C(c1ccccc1)c1cccc([N+](=O)[O-])c1F.O=NO. The Kier molecular flexibility index (Phi) is 5.63. The number of benzene rings is 2. The average molecular weight is 292 g/mol. The molecule has 8 heteroatoms. The zero-order valence-electron chi connectivity index (χ0n) is 10.5. The highest BCUT2D eigenvalue weighted by Gasteiger charge is 2.22. The highest BCUT2D eigenvalue weighted by atomic mass is 19.1. The molecule has 0 aromatic heterocycles. The van der Waals surface area contributed by atoms with E-state index in [1.54, 1.807) is 18.2 Å². The molecule has 2 rings (SSSR count). The van der Waals surface area contributed by atoms with Crippen molar-refractivity contribution < 1.29 is 19.3 Å². The number of hydrogen-bond acceptors (Lipinski definition) is 5. The van der Waals surface area contributed by atoms with Gasteiger partial charge in [-0.05, 0) is 6.07 Å². The number of carbonyl (C=O) groups is 1. The second-order valence-electron chi connectivity index (χ2n) is 3.67. The van der Waals surface area contributed by atoms with E-state index in [0.29, 0.717) is 0 Å². The van der Waals surface area contributed by atoms with Crippen molar-refractivity contribution >= 4 is 11.5 Å². The second kappa shape index (κ2) is 7.43. The van der Waals surface area contributed by atoms with E-state index in [0.717, 1.165) is 6.07 Å². The normalized spacial score (nSPS) is 9.19. The lowest BCUT2D eigenvalue weighted by molar-refractivity contribution is -0.387. The van der Waals surface area contributed by atoms with Crippen LogP contribution in [-0.4, -0.2) is 15.9 Å². The van der Waals surface area contributed by atoms with Crippen LogP contribution in [0.15, 0.2) is 53.9 Å². The van der Waals surface area contributed by atoms with Gasteiger partial charge in [0.15, 0.2) is 11.1 Å². The van der Waals surface area contributed by atoms with Crippen LogP contribution in [0.1, 0.15) is 15.9 Å². The quantitative estimate of drug-likeness (QED) is 0.404. The Morgan fingerprint density at radius 2 is 1.71 bits per heavy atom. The van der Waals surface area contributed by atoms with Crippen LogP contribution in [0, 0.1) is 20.8 Å². The van der Waals surface area contributed by atoms with Gasteiger partial charge < -0.3 is 5.21 Å². The van der Waals surface area contributed by atoms with E-state index < -0.39 is 22.2 Å². The Bertz CT molecular complexity index is 661. The summed E-state index contributed by atoms with van der Waals surface area (Å²) in [5.74, 6) is -1.67. The smallest absolute Gasteiger partial charge is 0.305 e. The molecule has 0 unspecified atom stereocenters. The Morgan fingerprint density at radius 3 is 2.24 bits per heavy atom. The van der Waals surface area contributed by atoms with Gasteiger partial charge in [0.1, 0.15) is 0 Å². The van der Waals surface area contributed by atoms with Gasteiger partial charge in [0, 0.05) is 11.6 Å². The molecule has 0 aliphatic carbocycles. The van der Waals surface area contributed by atoms with Gasteiger partial charge in [0.2, 0.25) is 5.82 Å². The van der Waals surface area contributed by atoms with Gasteiger partial charge in [-0.15, -0.1) is 4.91 Å². The van der Waals surface area contributed by atoms with E-state index in [9.17, 15) is 19.3 Å². The monoisotopic (exact) mass is 292 g/mol. The first-order valence-corrected chi connectivity index (χ1v) is 5.52. The van der Waals surface area contributed by atoms with E-state index >= 15 is 0 Å². The maximum absolute atomic E-state index is 13.8. The highest BCUT2D eigenvalue weighted by Crippen LogP contribution is 2.22. The minimum absolute atomic E-state index is 0.289. The molecule has 0 heterocycles. The summed E-state index contributed by atoms with van der Waals surface area (Å²) in [5.41, 5.74) is -0.705. The third kappa shape index (κ3) is 3.90. The van der Waals surface area contributed by atoms with Gasteiger partial charge in [0.05, 0.1) is 10.5 Å². The van der Waals surface area contributed by atoms with Crippen LogP contribution >= 0.6 is 0 Å². The average Bonchev–Trinajstić information content (AvgIpc) is 2.48. The molecule has 7 nitrogen and oxygen atoms in total. The van der Waals surface area contributed by atoms with Crippen molar-refractivity contribution in [1.29, 1.82) is 0 Å². The lowest BCUT2D eigenvalue weighted by atomic mass is 10.0. The molecule has 0 saturated heterocycles. The summed E-state index contributed by atoms with van der Waals surface area (Å²) < 4.78 is 13.8. The van der Waals surface area contributed by atoms with Crippen molar-refractivity contribution in [1.82, 2.24) is 0 Å². The maximum Gasteiger partial charge on any atom is 0.305 e. The zero-order chi connectivity index (χ0) is 15.8. The van der Waals surface area contributed by atoms with Crippen LogP contribution in [-0.2, 0) is 0 Å². The molecule has 21 heavy (non-hydrogen) atoms. The van der Waals surface area contributed by atoms with Crippen LogP contribution in [0.2, 0.25) is 0 Å². The first kappa shape index (κ1) is 15.9. The molecule has 0 bridgehead atoms. The van der Waals surface area contributed by atoms with Crippen molar-refractivity contribution in [3.05, 3.63) is 80.5 Å². The van der Waals surface area contributed by atoms with Crippen molar-refractivity contribution in [2.75, 3.05) is 0 Å². The number of hydrogen-bond donors (Lipinski definition) is 1. The van der Waals surface area contributed by atoms with Gasteiger partial charge in [-0.2, -0.15) is 4.39 Å². The predicted molar refractivity (Wildman–Crippen MR) is 70.5 cm³/mol. The summed E-state index contributed by atoms with van der Waals surface area (Å²) in [6.45, 7) is 0. The molecule has 0 spiro atoms. The molecule has 2 aromatic rings. The summed E-state index contributed by atoms with van der Waals surface area (Å²) >= 11 is 0. The molecule has 1 N–H and O–H groups in total. The largest absolute Gasteiger partial charge is 0.379 e. The summed E-state index contributed by atoms with van der Waals surface area (Å²) in [4.78, 5) is 29.8. The van der Waals surface area contributed by atoms with E-state index in [-0.39, 0.29) is 11.1 Å². The maximum atomic E-state index is 13.8. The predicted octanol–water partition coefficient (Wildman–Crippen LogP) is 3.11. The fourth-order valence-electron chi connectivity index (χ4n) is 1.58. The Hall–Kier alpha value is -3.16. The number of carbonyl (C=O) groups excluding carboxylic acids is 1. The number of rotatable bonds is 3. The number of nitro groups is 1. The molecule has 0 radical (unpaired) electrons. The highest BCUT2D eigenvalue weighted by molar-refractivity contribution is 6.09. The summed E-state index contributed by atoms with van der Waals surface area (Å²) in [6, 6.07) is 11.6. The molecule has 0 fully saturated rings. The number of nitro benzene ring substituents is 1. The van der Waals surface area contributed by atoms with Gasteiger partial charge in [0.25, 0.3) is 0 Å². The standard InChI is InChI=1S/C13H8FNO3.HNO2/c14-12-10(7-4-8-11(12)15(17)18)13(16)9-5-2-1-3-6-9;2-1-3/h1-8H;(H,2,3). The topological polar surface area (TPSA) is 110 Å². The molecule has 0 saturated carbocycles. The fourth-order valence-corrected chi connectivity index (χ4v) is 1.58. The van der Waals surface area contributed by atoms with E-state index in [1.165, 1.54) is 29.6 Å². The van der Waals surface area contributed by atoms with Crippen molar-refractivity contribution in [2.45, 2.75) is 0 Å². The molecule has 0 atom stereocenters. The van der Waals surface area contributed by atoms with Gasteiger partial charge in [-0.1, -0.05) is 36.4 Å². The molecule has 0 amide bonds. The van der Waals surface area contributed by atoms with Crippen molar-refractivity contribution in [3.8, 4) is 0 Å².